The van der Waals surface area contributed by atoms with Gasteiger partial charge in [-0.25, -0.2) is 9.37 Å². The molecule has 0 saturated carbocycles. The molecule has 2 aromatic rings. The summed E-state index contributed by atoms with van der Waals surface area (Å²) in [4.78, 5) is 18.1. The van der Waals surface area contributed by atoms with Gasteiger partial charge in [-0.15, -0.1) is 0 Å². The van der Waals surface area contributed by atoms with Crippen molar-refractivity contribution in [2.45, 2.75) is 26.4 Å². The van der Waals surface area contributed by atoms with Crippen molar-refractivity contribution >= 4 is 5.91 Å². The fourth-order valence-electron chi connectivity index (χ4n) is 2.48. The number of unbranched alkanes of at least 4 members (excludes halogenated alkanes) is 1. The lowest BCUT2D eigenvalue weighted by atomic mass is 10.1. The topological polar surface area (TPSA) is 58.4 Å². The zero-order chi connectivity index (χ0) is 15.0. The number of hydrogen-bond donors (Lipinski definition) is 1. The van der Waals surface area contributed by atoms with Crippen LogP contribution in [0, 0.1) is 5.82 Å². The van der Waals surface area contributed by atoms with E-state index in [0.717, 1.165) is 12.8 Å². The first kappa shape index (κ1) is 13.6. The molecule has 0 bridgehead atoms. The maximum Gasteiger partial charge on any atom is 0.291 e. The molecule has 0 fully saturated rings. The minimum absolute atomic E-state index is 0.0889. The van der Waals surface area contributed by atoms with Gasteiger partial charge < -0.3 is 14.6 Å². The molecule has 1 amide bonds. The van der Waals surface area contributed by atoms with E-state index in [9.17, 15) is 14.3 Å². The number of halogens is 1. The van der Waals surface area contributed by atoms with Crippen molar-refractivity contribution in [2.24, 2.45) is 0 Å². The van der Waals surface area contributed by atoms with E-state index in [-0.39, 0.29) is 11.7 Å². The van der Waals surface area contributed by atoms with E-state index in [0.29, 0.717) is 30.3 Å². The van der Waals surface area contributed by atoms with Gasteiger partial charge >= 0.3 is 0 Å². The molecule has 0 aliphatic carbocycles. The third kappa shape index (κ3) is 2.26. The highest BCUT2D eigenvalue weighted by Gasteiger charge is 2.30. The second kappa shape index (κ2) is 5.20. The second-order valence-corrected chi connectivity index (χ2v) is 5.12. The summed E-state index contributed by atoms with van der Waals surface area (Å²) in [5, 5.41) is 9.26. The van der Waals surface area contributed by atoms with Gasteiger partial charge in [0.1, 0.15) is 0 Å². The van der Waals surface area contributed by atoms with Crippen molar-refractivity contribution < 1.29 is 14.3 Å². The molecule has 6 heteroatoms. The van der Waals surface area contributed by atoms with Crippen LogP contribution < -0.4 is 0 Å². The summed E-state index contributed by atoms with van der Waals surface area (Å²) in [6.45, 7) is 3.21. The Labute approximate surface area is 121 Å². The van der Waals surface area contributed by atoms with Crippen molar-refractivity contribution in [3.05, 3.63) is 36.0 Å². The number of aromatic hydroxyl groups is 1. The van der Waals surface area contributed by atoms with Gasteiger partial charge in [0.05, 0.1) is 18.6 Å². The number of amides is 1. The van der Waals surface area contributed by atoms with Gasteiger partial charge in [-0.05, 0) is 24.6 Å². The van der Waals surface area contributed by atoms with E-state index in [1.165, 1.54) is 12.1 Å². The zero-order valence-electron chi connectivity index (χ0n) is 11.7. The van der Waals surface area contributed by atoms with E-state index in [2.05, 4.69) is 11.9 Å². The van der Waals surface area contributed by atoms with Crippen LogP contribution >= 0.6 is 0 Å². The van der Waals surface area contributed by atoms with Gasteiger partial charge in [-0.1, -0.05) is 13.3 Å². The molecular weight excluding hydrogens is 273 g/mol. The number of aromatic nitrogens is 2. The summed E-state index contributed by atoms with van der Waals surface area (Å²) in [6, 6.07) is 4.16. The maximum atomic E-state index is 13.5. The first-order valence-electron chi connectivity index (χ1n) is 6.95. The van der Waals surface area contributed by atoms with Crippen LogP contribution in [-0.2, 0) is 6.67 Å². The SMILES string of the molecule is CCCCN1Cn2c(-c3ccc(O)c(F)c3)cnc2C1=O. The average molecular weight is 289 g/mol. The van der Waals surface area contributed by atoms with E-state index < -0.39 is 5.82 Å². The maximum absolute atomic E-state index is 13.5. The third-order valence-corrected chi connectivity index (χ3v) is 3.67. The van der Waals surface area contributed by atoms with Gasteiger partial charge in [0.25, 0.3) is 5.91 Å². The standard InChI is InChI=1S/C15H16FN3O2/c1-2-3-6-18-9-19-12(8-17-14(19)15(18)21)10-4-5-13(20)11(16)7-10/h4-5,7-8,20H,2-3,6,9H2,1H3. The van der Waals surface area contributed by atoms with Crippen molar-refractivity contribution in [1.29, 1.82) is 0 Å². The number of nitrogens with zero attached hydrogens (tertiary/aromatic N) is 3. The first-order chi connectivity index (χ1) is 10.1. The van der Waals surface area contributed by atoms with Gasteiger partial charge in [-0.2, -0.15) is 0 Å². The molecule has 5 nitrogen and oxygen atoms in total. The predicted octanol–water partition coefficient (Wildman–Crippen LogP) is 2.61. The van der Waals surface area contributed by atoms with Crippen LogP contribution in [0.5, 0.6) is 5.75 Å². The zero-order valence-corrected chi connectivity index (χ0v) is 11.7. The van der Waals surface area contributed by atoms with Gasteiger partial charge in [0.15, 0.2) is 11.6 Å². The highest BCUT2D eigenvalue weighted by atomic mass is 19.1. The van der Waals surface area contributed by atoms with Crippen LogP contribution in [0.2, 0.25) is 0 Å². The number of carbonyl (C=O) groups excluding carboxylic acids is 1. The fourth-order valence-corrected chi connectivity index (χ4v) is 2.48. The Morgan fingerprint density at radius 1 is 1.43 bits per heavy atom. The lowest BCUT2D eigenvalue weighted by molar-refractivity contribution is 0.0764. The summed E-state index contributed by atoms with van der Waals surface area (Å²) in [5.41, 5.74) is 1.27. The molecule has 3 rings (SSSR count). The molecule has 21 heavy (non-hydrogen) atoms. The van der Waals surface area contributed by atoms with E-state index >= 15 is 0 Å². The van der Waals surface area contributed by atoms with Gasteiger partial charge in [0, 0.05) is 12.1 Å². The van der Waals surface area contributed by atoms with E-state index in [1.54, 1.807) is 21.7 Å². The third-order valence-electron chi connectivity index (χ3n) is 3.67. The van der Waals surface area contributed by atoms with E-state index in [1.807, 2.05) is 0 Å². The monoisotopic (exact) mass is 289 g/mol. The van der Waals surface area contributed by atoms with Crippen LogP contribution in [-0.4, -0.2) is 32.0 Å². The Hall–Kier alpha value is -2.37. The molecule has 0 atom stereocenters. The molecule has 0 spiro atoms. The number of phenols is 1. The summed E-state index contributed by atoms with van der Waals surface area (Å²) in [5.74, 6) is -0.778. The minimum Gasteiger partial charge on any atom is -0.505 e. The van der Waals surface area contributed by atoms with Crippen LogP contribution in [0.3, 0.4) is 0 Å². The minimum atomic E-state index is -0.685. The lowest BCUT2D eigenvalue weighted by Crippen LogP contribution is -2.25. The molecule has 0 saturated heterocycles. The largest absolute Gasteiger partial charge is 0.505 e. The quantitative estimate of drug-likeness (QED) is 0.941. The van der Waals surface area contributed by atoms with Gasteiger partial charge in [0.2, 0.25) is 5.82 Å². The highest BCUT2D eigenvalue weighted by molar-refractivity contribution is 5.93. The smallest absolute Gasteiger partial charge is 0.291 e. The van der Waals surface area contributed by atoms with Crippen molar-refractivity contribution in [3.8, 4) is 17.0 Å². The fraction of sp³-hybridized carbons (Fsp3) is 0.333. The second-order valence-electron chi connectivity index (χ2n) is 5.12. The van der Waals surface area contributed by atoms with Crippen molar-refractivity contribution in [2.75, 3.05) is 6.54 Å². The summed E-state index contributed by atoms with van der Waals surface area (Å²) in [7, 11) is 0. The van der Waals surface area contributed by atoms with E-state index in [4.69, 9.17) is 0 Å². The van der Waals surface area contributed by atoms with Crippen LogP contribution in [0.1, 0.15) is 30.4 Å². The Morgan fingerprint density at radius 2 is 2.24 bits per heavy atom. The first-order valence-corrected chi connectivity index (χ1v) is 6.95. The predicted molar refractivity (Wildman–Crippen MR) is 75.2 cm³/mol. The molecule has 0 unspecified atom stereocenters. The number of rotatable bonds is 4. The number of phenolic OH excluding ortho intramolecular Hbond substituents is 1. The number of benzene rings is 1. The number of hydrogen-bond acceptors (Lipinski definition) is 3. The molecule has 1 aliphatic heterocycles. The normalized spacial score (nSPS) is 13.8. The van der Waals surface area contributed by atoms with Crippen LogP contribution in [0.4, 0.5) is 4.39 Å². The van der Waals surface area contributed by atoms with Gasteiger partial charge in [-0.3, -0.25) is 4.79 Å². The molecular formula is C15H16FN3O2. The van der Waals surface area contributed by atoms with Crippen molar-refractivity contribution in [3.63, 3.8) is 0 Å². The number of imidazole rings is 1. The molecule has 1 aromatic carbocycles. The summed E-state index contributed by atoms with van der Waals surface area (Å²) < 4.78 is 15.3. The molecule has 0 radical (unpaired) electrons. The summed E-state index contributed by atoms with van der Waals surface area (Å²) in [6.07, 6.45) is 3.53. The van der Waals surface area contributed by atoms with Crippen LogP contribution in [0.25, 0.3) is 11.3 Å². The lowest BCUT2D eigenvalue weighted by Gasteiger charge is -2.15. The van der Waals surface area contributed by atoms with Crippen molar-refractivity contribution in [1.82, 2.24) is 14.5 Å². The molecule has 1 aromatic heterocycles. The Kier molecular flexibility index (Phi) is 3.37. The Morgan fingerprint density at radius 3 is 2.95 bits per heavy atom. The number of carbonyl (C=O) groups is 1. The number of fused-ring (bicyclic) bond motifs is 1. The molecule has 1 aliphatic rings. The molecule has 1 N–H and O–H groups in total. The Balaban J connectivity index is 1.93. The molecule has 2 heterocycles. The molecule has 110 valence electrons. The Bertz CT molecular complexity index is 696. The summed E-state index contributed by atoms with van der Waals surface area (Å²) >= 11 is 0. The highest BCUT2D eigenvalue weighted by Crippen LogP contribution is 2.28. The average Bonchev–Trinajstić information content (AvgIpc) is 3.01. The van der Waals surface area contributed by atoms with Crippen LogP contribution in [0.15, 0.2) is 24.4 Å².